The number of likely N-dealkylation sites (N-methyl/N-ethyl adjacent to an activating group) is 1. The number of halogens is 1. The third-order valence-electron chi connectivity index (χ3n) is 9.28. The Kier molecular flexibility index (Phi) is 7.30. The molecule has 0 spiro atoms. The molecular weight excluding hydrogens is 521 g/mol. The van der Waals surface area contributed by atoms with E-state index in [9.17, 15) is 9.18 Å². The number of carbonyl (C=O) groups excluding carboxylic acids is 1. The van der Waals surface area contributed by atoms with E-state index in [1.165, 1.54) is 34.1 Å². The van der Waals surface area contributed by atoms with Crippen LogP contribution in [0.25, 0.3) is 0 Å². The van der Waals surface area contributed by atoms with Crippen LogP contribution in [-0.4, -0.2) is 96.9 Å². The summed E-state index contributed by atoms with van der Waals surface area (Å²) in [6, 6.07) is 2.59. The largest absolute Gasteiger partial charge is 0.462 e. The molecule has 1 aromatic heterocycles. The highest BCUT2D eigenvalue weighted by atomic mass is 19.1. The number of piperazine rings is 1. The third-order valence-corrected chi connectivity index (χ3v) is 9.28. The molecule has 2 aromatic rings. The lowest BCUT2D eigenvalue weighted by atomic mass is 9.96. The molecule has 220 valence electrons. The van der Waals surface area contributed by atoms with Gasteiger partial charge in [-0.3, -0.25) is 9.69 Å². The van der Waals surface area contributed by atoms with E-state index in [1.54, 1.807) is 6.92 Å². The zero-order chi connectivity index (χ0) is 28.9. The topological polar surface area (TPSA) is 77.1 Å². The summed E-state index contributed by atoms with van der Waals surface area (Å²) in [6.07, 6.45) is 3.66. The van der Waals surface area contributed by atoms with Gasteiger partial charge in [-0.25, -0.2) is 4.39 Å². The standard InChI is InChI=1S/C31H42FN7O2/c1-6-27(40)37-11-13-38(14-12-37)29-24-8-10-39(28-21(3)20(2)15-25-23(28)7-9-33-25)17-26(24)34-30(35-29)41-18-22-16-31(4,32)19-36(22)5/h6,15,22,33H,1,7-14,16-19H2,2-5H3/t22-,31?/m0/s1. The van der Waals surface area contributed by atoms with Crippen molar-refractivity contribution < 1.29 is 13.9 Å². The van der Waals surface area contributed by atoms with Gasteiger partial charge < -0.3 is 24.8 Å². The zero-order valence-electron chi connectivity index (χ0n) is 24.8. The van der Waals surface area contributed by atoms with Gasteiger partial charge in [0, 0.05) is 80.8 Å². The van der Waals surface area contributed by atoms with Crippen molar-refractivity contribution in [1.29, 1.82) is 0 Å². The monoisotopic (exact) mass is 563 g/mol. The van der Waals surface area contributed by atoms with Gasteiger partial charge in [-0.15, -0.1) is 0 Å². The summed E-state index contributed by atoms with van der Waals surface area (Å²) in [7, 11) is 1.94. The first kappa shape index (κ1) is 27.8. The minimum Gasteiger partial charge on any atom is -0.462 e. The molecule has 2 fully saturated rings. The van der Waals surface area contributed by atoms with Gasteiger partial charge in [-0.1, -0.05) is 6.58 Å². The minimum atomic E-state index is -1.21. The van der Waals surface area contributed by atoms with Crippen molar-refractivity contribution in [2.45, 2.75) is 58.3 Å². The van der Waals surface area contributed by atoms with Crippen molar-refractivity contribution in [3.8, 4) is 6.01 Å². The first-order valence-electron chi connectivity index (χ1n) is 14.8. The number of nitrogens with zero attached hydrogens (tertiary/aromatic N) is 6. The van der Waals surface area contributed by atoms with E-state index in [-0.39, 0.29) is 11.9 Å². The number of likely N-dealkylation sites (tertiary alicyclic amines) is 1. The Morgan fingerprint density at radius 2 is 1.95 bits per heavy atom. The Morgan fingerprint density at radius 1 is 1.17 bits per heavy atom. The molecule has 2 atom stereocenters. The predicted molar refractivity (Wildman–Crippen MR) is 160 cm³/mol. The number of rotatable bonds is 6. The number of aromatic nitrogens is 2. The molecule has 2 saturated heterocycles. The molecule has 5 heterocycles. The molecule has 0 radical (unpaired) electrons. The maximum absolute atomic E-state index is 14.7. The van der Waals surface area contributed by atoms with Crippen molar-refractivity contribution >= 4 is 23.1 Å². The second kappa shape index (κ2) is 10.8. The molecule has 10 heteroatoms. The smallest absolute Gasteiger partial charge is 0.318 e. The van der Waals surface area contributed by atoms with E-state index in [0.29, 0.717) is 58.3 Å². The van der Waals surface area contributed by atoms with Crippen LogP contribution in [0.15, 0.2) is 18.7 Å². The Balaban J connectivity index is 1.30. The number of hydrogen-bond donors (Lipinski definition) is 1. The number of carbonyl (C=O) groups is 1. The third kappa shape index (κ3) is 5.34. The maximum Gasteiger partial charge on any atom is 0.318 e. The molecule has 1 N–H and O–H groups in total. The number of alkyl halides is 1. The lowest BCUT2D eigenvalue weighted by Crippen LogP contribution is -2.49. The summed E-state index contributed by atoms with van der Waals surface area (Å²) in [5, 5.41) is 3.55. The number of hydrogen-bond acceptors (Lipinski definition) is 8. The molecule has 4 aliphatic heterocycles. The highest BCUT2D eigenvalue weighted by Gasteiger charge is 2.39. The average molecular weight is 564 g/mol. The van der Waals surface area contributed by atoms with Crippen LogP contribution in [0.1, 0.15) is 41.3 Å². The molecule has 0 aliphatic carbocycles. The van der Waals surface area contributed by atoms with Crippen molar-refractivity contribution in [2.24, 2.45) is 0 Å². The van der Waals surface area contributed by atoms with E-state index in [1.807, 2.05) is 16.8 Å². The van der Waals surface area contributed by atoms with Crippen LogP contribution in [0.5, 0.6) is 6.01 Å². The molecule has 1 aromatic carbocycles. The van der Waals surface area contributed by atoms with Gasteiger partial charge in [0.25, 0.3) is 0 Å². The molecule has 6 rings (SSSR count). The summed E-state index contributed by atoms with van der Waals surface area (Å²) in [5.41, 5.74) is 7.50. The fourth-order valence-electron chi connectivity index (χ4n) is 7.00. The minimum absolute atomic E-state index is 0.0249. The van der Waals surface area contributed by atoms with Gasteiger partial charge in [-0.05, 0) is 63.9 Å². The molecule has 9 nitrogen and oxygen atoms in total. The fraction of sp³-hybridized carbons (Fsp3) is 0.581. The number of fused-ring (bicyclic) bond motifs is 2. The molecule has 41 heavy (non-hydrogen) atoms. The predicted octanol–water partition coefficient (Wildman–Crippen LogP) is 3.27. The molecule has 4 aliphatic rings. The van der Waals surface area contributed by atoms with Crippen LogP contribution in [0.2, 0.25) is 0 Å². The fourth-order valence-corrected chi connectivity index (χ4v) is 7.00. The number of amides is 1. The SMILES string of the molecule is C=CC(=O)N1CCN(c2nc(OC[C@@H]3CC(C)(F)CN3C)nc3c2CCN(c2c(C)c(C)cc4c2CCN4)C3)CC1. The first-order chi connectivity index (χ1) is 19.6. The van der Waals surface area contributed by atoms with Crippen LogP contribution in [0.4, 0.5) is 21.6 Å². The van der Waals surface area contributed by atoms with Crippen LogP contribution in [-0.2, 0) is 24.2 Å². The van der Waals surface area contributed by atoms with Crippen LogP contribution in [0.3, 0.4) is 0 Å². The van der Waals surface area contributed by atoms with Gasteiger partial charge in [0.05, 0.1) is 12.2 Å². The molecule has 0 saturated carbocycles. The molecule has 1 amide bonds. The Bertz CT molecular complexity index is 1350. The lowest BCUT2D eigenvalue weighted by Gasteiger charge is -2.38. The number of aryl methyl sites for hydroxylation is 1. The van der Waals surface area contributed by atoms with Crippen LogP contribution in [0, 0.1) is 13.8 Å². The van der Waals surface area contributed by atoms with E-state index in [4.69, 9.17) is 14.7 Å². The first-order valence-corrected chi connectivity index (χ1v) is 14.8. The van der Waals surface area contributed by atoms with E-state index >= 15 is 0 Å². The zero-order valence-corrected chi connectivity index (χ0v) is 24.8. The number of anilines is 3. The molecule has 1 unspecified atom stereocenters. The summed E-state index contributed by atoms with van der Waals surface area (Å²) >= 11 is 0. The van der Waals surface area contributed by atoms with Gasteiger partial charge in [0.1, 0.15) is 18.1 Å². The summed E-state index contributed by atoms with van der Waals surface area (Å²) in [4.78, 5) is 30.7. The van der Waals surface area contributed by atoms with E-state index in [2.05, 4.69) is 41.6 Å². The van der Waals surface area contributed by atoms with Crippen molar-refractivity contribution in [3.05, 3.63) is 46.7 Å². The van der Waals surface area contributed by atoms with Crippen molar-refractivity contribution in [1.82, 2.24) is 19.8 Å². The Morgan fingerprint density at radius 3 is 2.66 bits per heavy atom. The van der Waals surface area contributed by atoms with Gasteiger partial charge in [-0.2, -0.15) is 9.97 Å². The van der Waals surface area contributed by atoms with Crippen LogP contribution < -0.4 is 19.9 Å². The van der Waals surface area contributed by atoms with E-state index < -0.39 is 5.67 Å². The Labute approximate surface area is 242 Å². The second-order valence-corrected chi connectivity index (χ2v) is 12.3. The lowest BCUT2D eigenvalue weighted by molar-refractivity contribution is -0.126. The Hall–Kier alpha value is -3.40. The second-order valence-electron chi connectivity index (χ2n) is 12.3. The highest BCUT2D eigenvalue weighted by molar-refractivity contribution is 5.87. The summed E-state index contributed by atoms with van der Waals surface area (Å²) in [5.74, 6) is 0.864. The normalized spacial score (nSPS) is 24.2. The summed E-state index contributed by atoms with van der Waals surface area (Å²) < 4.78 is 20.9. The van der Waals surface area contributed by atoms with Gasteiger partial charge >= 0.3 is 6.01 Å². The van der Waals surface area contributed by atoms with Gasteiger partial charge in [0.15, 0.2) is 0 Å². The van der Waals surface area contributed by atoms with E-state index in [0.717, 1.165) is 43.0 Å². The highest BCUT2D eigenvalue weighted by Crippen LogP contribution is 2.40. The quantitative estimate of drug-likeness (QED) is 0.537. The molecular formula is C31H42FN7O2. The van der Waals surface area contributed by atoms with Crippen molar-refractivity contribution in [2.75, 3.05) is 74.6 Å². The summed E-state index contributed by atoms with van der Waals surface area (Å²) in [6.45, 7) is 15.6. The number of nitrogens with one attached hydrogen (secondary N) is 1. The molecule has 0 bridgehead atoms. The maximum atomic E-state index is 14.7. The van der Waals surface area contributed by atoms with Crippen molar-refractivity contribution in [3.63, 3.8) is 0 Å². The van der Waals surface area contributed by atoms with Gasteiger partial charge in [0.2, 0.25) is 5.91 Å². The van der Waals surface area contributed by atoms with Crippen LogP contribution >= 0.6 is 0 Å². The number of benzene rings is 1. The number of ether oxygens (including phenoxy) is 1. The average Bonchev–Trinajstić information content (AvgIpc) is 3.52.